The first-order chi connectivity index (χ1) is 12.1. The molecule has 0 aliphatic heterocycles. The minimum absolute atomic E-state index is 0.0315. The Hall–Kier alpha value is -2.80. The molecule has 0 radical (unpaired) electrons. The summed E-state index contributed by atoms with van der Waals surface area (Å²) in [5, 5.41) is 14.7. The molecule has 1 aromatic heterocycles. The van der Waals surface area contributed by atoms with Gasteiger partial charge in [0.25, 0.3) is 0 Å². The monoisotopic (exact) mass is 402 g/mol. The molecule has 0 spiro atoms. The number of hydrazone groups is 1. The third-order valence-electron chi connectivity index (χ3n) is 3.40. The standard InChI is InChI=1S/C18H15BrN2O4/c1-2-24-15-5-3-4-11(17(15)22)10-20-21-18(23)16-9-12-8-13(19)6-7-14(12)25-16/h3-10,22H,2H2,1H3,(H,21,23)/b20-10-. The number of para-hydroxylation sites is 1. The van der Waals surface area contributed by atoms with Crippen LogP contribution in [0.2, 0.25) is 0 Å². The number of benzene rings is 2. The molecule has 0 aliphatic rings. The van der Waals surface area contributed by atoms with Gasteiger partial charge in [0.2, 0.25) is 0 Å². The van der Waals surface area contributed by atoms with Crippen molar-refractivity contribution in [1.29, 1.82) is 0 Å². The van der Waals surface area contributed by atoms with E-state index in [2.05, 4.69) is 26.5 Å². The summed E-state index contributed by atoms with van der Waals surface area (Å²) in [5.41, 5.74) is 3.42. The molecular weight excluding hydrogens is 388 g/mol. The van der Waals surface area contributed by atoms with Crippen LogP contribution in [0, 0.1) is 0 Å². The van der Waals surface area contributed by atoms with E-state index >= 15 is 0 Å². The molecule has 0 fully saturated rings. The number of aromatic hydroxyl groups is 1. The van der Waals surface area contributed by atoms with Gasteiger partial charge in [0.15, 0.2) is 17.3 Å². The SMILES string of the molecule is CCOc1cccc(/C=N\NC(=O)c2cc3cc(Br)ccc3o2)c1O. The topological polar surface area (TPSA) is 84.1 Å². The largest absolute Gasteiger partial charge is 0.504 e. The average molecular weight is 403 g/mol. The Bertz CT molecular complexity index is 949. The fourth-order valence-corrected chi connectivity index (χ4v) is 2.64. The summed E-state index contributed by atoms with van der Waals surface area (Å²) in [6.45, 7) is 2.26. The minimum Gasteiger partial charge on any atom is -0.504 e. The lowest BCUT2D eigenvalue weighted by atomic mass is 10.2. The summed E-state index contributed by atoms with van der Waals surface area (Å²) in [4.78, 5) is 12.1. The molecule has 0 bridgehead atoms. The first kappa shape index (κ1) is 17.0. The molecule has 0 unspecified atom stereocenters. The number of rotatable bonds is 5. The van der Waals surface area contributed by atoms with Gasteiger partial charge < -0.3 is 14.3 Å². The molecule has 7 heteroatoms. The van der Waals surface area contributed by atoms with Gasteiger partial charge in [0, 0.05) is 15.4 Å². The van der Waals surface area contributed by atoms with Crippen molar-refractivity contribution < 1.29 is 19.1 Å². The van der Waals surface area contributed by atoms with E-state index in [4.69, 9.17) is 9.15 Å². The Morgan fingerprint density at radius 3 is 3.00 bits per heavy atom. The molecular formula is C18H15BrN2O4. The maximum Gasteiger partial charge on any atom is 0.307 e. The Morgan fingerprint density at radius 2 is 2.20 bits per heavy atom. The molecule has 25 heavy (non-hydrogen) atoms. The summed E-state index contributed by atoms with van der Waals surface area (Å²) >= 11 is 3.37. The van der Waals surface area contributed by atoms with Crippen LogP contribution in [0.1, 0.15) is 23.0 Å². The van der Waals surface area contributed by atoms with Gasteiger partial charge in [0.05, 0.1) is 12.8 Å². The molecule has 1 heterocycles. The van der Waals surface area contributed by atoms with Gasteiger partial charge in [-0.2, -0.15) is 5.10 Å². The van der Waals surface area contributed by atoms with Gasteiger partial charge in [-0.05, 0) is 43.3 Å². The zero-order chi connectivity index (χ0) is 17.8. The highest BCUT2D eigenvalue weighted by molar-refractivity contribution is 9.10. The van der Waals surface area contributed by atoms with Crippen molar-refractivity contribution in [2.45, 2.75) is 6.92 Å². The van der Waals surface area contributed by atoms with E-state index < -0.39 is 5.91 Å². The lowest BCUT2D eigenvalue weighted by molar-refractivity contribution is 0.0929. The van der Waals surface area contributed by atoms with Crippen molar-refractivity contribution in [2.24, 2.45) is 5.10 Å². The summed E-state index contributed by atoms with van der Waals surface area (Å²) in [6.07, 6.45) is 1.34. The van der Waals surface area contributed by atoms with E-state index in [-0.39, 0.29) is 11.5 Å². The number of ether oxygens (including phenoxy) is 1. The van der Waals surface area contributed by atoms with E-state index in [0.29, 0.717) is 23.5 Å². The predicted molar refractivity (Wildman–Crippen MR) is 98.3 cm³/mol. The molecule has 0 saturated heterocycles. The second kappa shape index (κ2) is 7.40. The number of furan rings is 1. The number of hydrogen-bond acceptors (Lipinski definition) is 5. The molecule has 6 nitrogen and oxygen atoms in total. The normalized spacial score (nSPS) is 11.1. The van der Waals surface area contributed by atoms with Crippen LogP contribution in [-0.2, 0) is 0 Å². The van der Waals surface area contributed by atoms with Crippen LogP contribution in [0.4, 0.5) is 0 Å². The van der Waals surface area contributed by atoms with Crippen LogP contribution >= 0.6 is 15.9 Å². The minimum atomic E-state index is -0.482. The first-order valence-corrected chi connectivity index (χ1v) is 8.35. The highest BCUT2D eigenvalue weighted by Gasteiger charge is 2.12. The highest BCUT2D eigenvalue weighted by Crippen LogP contribution is 2.28. The number of phenols is 1. The Balaban J connectivity index is 1.73. The van der Waals surface area contributed by atoms with E-state index in [0.717, 1.165) is 9.86 Å². The molecule has 3 aromatic rings. The Morgan fingerprint density at radius 1 is 1.36 bits per heavy atom. The van der Waals surface area contributed by atoms with Crippen LogP contribution in [-0.4, -0.2) is 23.8 Å². The van der Waals surface area contributed by atoms with E-state index in [1.807, 2.05) is 19.1 Å². The van der Waals surface area contributed by atoms with Gasteiger partial charge >= 0.3 is 5.91 Å². The van der Waals surface area contributed by atoms with E-state index in [1.54, 1.807) is 30.3 Å². The summed E-state index contributed by atoms with van der Waals surface area (Å²) in [5.74, 6) is -0.00172. The zero-order valence-electron chi connectivity index (χ0n) is 13.3. The number of hydrogen-bond donors (Lipinski definition) is 2. The van der Waals surface area contributed by atoms with Crippen LogP contribution in [0.3, 0.4) is 0 Å². The first-order valence-electron chi connectivity index (χ1n) is 7.55. The number of fused-ring (bicyclic) bond motifs is 1. The molecule has 2 aromatic carbocycles. The second-order valence-corrected chi connectivity index (χ2v) is 6.03. The van der Waals surface area contributed by atoms with Crippen molar-refractivity contribution in [1.82, 2.24) is 5.43 Å². The van der Waals surface area contributed by atoms with Crippen LogP contribution in [0.25, 0.3) is 11.0 Å². The van der Waals surface area contributed by atoms with Crippen molar-refractivity contribution >= 4 is 39.0 Å². The zero-order valence-corrected chi connectivity index (χ0v) is 14.9. The van der Waals surface area contributed by atoms with Gasteiger partial charge in [-0.1, -0.05) is 22.0 Å². The third kappa shape index (κ3) is 3.83. The predicted octanol–water partition coefficient (Wildman–Crippen LogP) is 4.06. The average Bonchev–Trinajstić information content (AvgIpc) is 3.01. The van der Waals surface area contributed by atoms with Crippen LogP contribution in [0.5, 0.6) is 11.5 Å². The third-order valence-corrected chi connectivity index (χ3v) is 3.90. The summed E-state index contributed by atoms with van der Waals surface area (Å²) < 4.78 is 11.7. The maximum atomic E-state index is 12.1. The van der Waals surface area contributed by atoms with Crippen LogP contribution < -0.4 is 10.2 Å². The van der Waals surface area contributed by atoms with Gasteiger partial charge in [-0.3, -0.25) is 4.79 Å². The van der Waals surface area contributed by atoms with E-state index in [1.165, 1.54) is 6.21 Å². The van der Waals surface area contributed by atoms with Crippen molar-refractivity contribution in [3.63, 3.8) is 0 Å². The summed E-state index contributed by atoms with van der Waals surface area (Å²) in [7, 11) is 0. The van der Waals surface area contributed by atoms with E-state index in [9.17, 15) is 9.90 Å². The highest BCUT2D eigenvalue weighted by atomic mass is 79.9. The number of carbonyl (C=O) groups is 1. The summed E-state index contributed by atoms with van der Waals surface area (Å²) in [6, 6.07) is 12.1. The molecule has 0 saturated carbocycles. The number of amides is 1. The van der Waals surface area contributed by atoms with Gasteiger partial charge in [0.1, 0.15) is 5.58 Å². The van der Waals surface area contributed by atoms with Crippen LogP contribution in [0.15, 0.2) is 56.5 Å². The molecule has 1 amide bonds. The Labute approximate surface area is 152 Å². The number of halogens is 1. The van der Waals surface area contributed by atoms with Crippen molar-refractivity contribution in [3.05, 3.63) is 58.3 Å². The number of nitrogens with one attached hydrogen (secondary N) is 1. The Kier molecular flexibility index (Phi) is 5.04. The fraction of sp³-hybridized carbons (Fsp3) is 0.111. The number of nitrogens with zero attached hydrogens (tertiary/aromatic N) is 1. The number of phenolic OH excluding ortho intramolecular Hbond substituents is 1. The molecule has 128 valence electrons. The molecule has 2 N–H and O–H groups in total. The smallest absolute Gasteiger partial charge is 0.307 e. The van der Waals surface area contributed by atoms with Crippen molar-refractivity contribution in [2.75, 3.05) is 6.61 Å². The second-order valence-electron chi connectivity index (χ2n) is 5.12. The fourth-order valence-electron chi connectivity index (χ4n) is 2.26. The molecule has 3 rings (SSSR count). The lowest BCUT2D eigenvalue weighted by Crippen LogP contribution is -2.16. The van der Waals surface area contributed by atoms with Gasteiger partial charge in [-0.15, -0.1) is 0 Å². The van der Waals surface area contributed by atoms with Gasteiger partial charge in [-0.25, -0.2) is 5.43 Å². The molecule has 0 atom stereocenters. The quantitative estimate of drug-likeness (QED) is 0.497. The maximum absolute atomic E-state index is 12.1. The lowest BCUT2D eigenvalue weighted by Gasteiger charge is -2.06. The molecule has 0 aliphatic carbocycles. The number of carbonyl (C=O) groups excluding carboxylic acids is 1. The van der Waals surface area contributed by atoms with Crippen molar-refractivity contribution in [3.8, 4) is 11.5 Å².